The third-order valence-electron chi connectivity index (χ3n) is 2.71. The molecule has 0 amide bonds. The molecule has 5 nitrogen and oxygen atoms in total. The molecule has 0 aromatic carbocycles. The summed E-state index contributed by atoms with van der Waals surface area (Å²) in [7, 11) is 1.44. The maximum atomic E-state index is 12.2. The van der Waals surface area contributed by atoms with E-state index in [1.54, 1.807) is 6.92 Å². The van der Waals surface area contributed by atoms with E-state index in [-0.39, 0.29) is 16.8 Å². The third-order valence-corrected chi connectivity index (χ3v) is 3.76. The van der Waals surface area contributed by atoms with Gasteiger partial charge in [0, 0.05) is 13.6 Å². The van der Waals surface area contributed by atoms with Crippen molar-refractivity contribution in [2.75, 3.05) is 5.75 Å². The smallest absolute Gasteiger partial charge is 0.282 e. The van der Waals surface area contributed by atoms with E-state index in [0.29, 0.717) is 23.2 Å². The molecule has 22 heavy (non-hydrogen) atoms. The highest BCUT2D eigenvalue weighted by atomic mass is 32.2. The Morgan fingerprint density at radius 2 is 2.09 bits per heavy atom. The Kier molecular flexibility index (Phi) is 5.81. The van der Waals surface area contributed by atoms with E-state index in [0.717, 1.165) is 4.68 Å². The highest BCUT2D eigenvalue weighted by Gasteiger charge is 2.27. The molecular formula is C13H17F3N4OS. The first kappa shape index (κ1) is 18.3. The van der Waals surface area contributed by atoms with Gasteiger partial charge in [-0.15, -0.1) is 11.8 Å². The van der Waals surface area contributed by atoms with Gasteiger partial charge in [0.05, 0.1) is 5.75 Å². The molecule has 9 heteroatoms. The molecular weight excluding hydrogens is 317 g/mol. The minimum Gasteiger partial charge on any atom is -0.282 e. The van der Waals surface area contributed by atoms with Crippen molar-refractivity contribution in [3.05, 3.63) is 39.2 Å². The topological polar surface area (TPSA) is 63.7 Å². The maximum absolute atomic E-state index is 12.2. The van der Waals surface area contributed by atoms with Crippen molar-refractivity contribution in [2.45, 2.75) is 26.6 Å². The standard InChI is InChI=1S/C13H17F3N4OS/c1-5-20-11(17)10(18-19(4)12(20)21)8(2)6-9(3)22-7-13(14,15)16/h6,17H,2,5,7H2,1,3-4H3/b9-6+,17-11?. The quantitative estimate of drug-likeness (QED) is 0.841. The number of nitrogens with one attached hydrogen (secondary N) is 1. The second kappa shape index (κ2) is 6.99. The summed E-state index contributed by atoms with van der Waals surface area (Å²) in [6, 6.07) is 0. The summed E-state index contributed by atoms with van der Waals surface area (Å²) < 4.78 is 38.8. The SMILES string of the molecule is C=C(/C=C(\C)SCC(F)(F)F)c1nn(C)c(=O)n(CC)c1=N. The van der Waals surface area contributed by atoms with Crippen LogP contribution in [0, 0.1) is 5.41 Å². The van der Waals surface area contributed by atoms with Gasteiger partial charge in [-0.05, 0) is 30.4 Å². The number of allylic oxidation sites excluding steroid dienone is 3. The third kappa shape index (κ3) is 4.62. The van der Waals surface area contributed by atoms with Crippen LogP contribution in [-0.4, -0.2) is 26.3 Å². The van der Waals surface area contributed by atoms with Crippen LogP contribution < -0.4 is 11.2 Å². The van der Waals surface area contributed by atoms with Gasteiger partial charge >= 0.3 is 11.9 Å². The molecule has 0 radical (unpaired) electrons. The lowest BCUT2D eigenvalue weighted by atomic mass is 10.2. The number of aryl methyl sites for hydroxylation is 1. The lowest BCUT2D eigenvalue weighted by Crippen LogP contribution is -2.41. The Morgan fingerprint density at radius 1 is 1.50 bits per heavy atom. The van der Waals surface area contributed by atoms with Gasteiger partial charge < -0.3 is 0 Å². The summed E-state index contributed by atoms with van der Waals surface area (Å²) in [5.74, 6) is -0.994. The number of halogens is 3. The Hall–Kier alpha value is -1.77. The molecule has 0 bridgehead atoms. The van der Waals surface area contributed by atoms with Crippen molar-refractivity contribution in [2.24, 2.45) is 7.05 Å². The van der Waals surface area contributed by atoms with Crippen LogP contribution in [-0.2, 0) is 13.6 Å². The number of hydrogen-bond acceptors (Lipinski definition) is 4. The van der Waals surface area contributed by atoms with Crippen LogP contribution in [0.3, 0.4) is 0 Å². The number of thioether (sulfide) groups is 1. The Balaban J connectivity index is 3.12. The van der Waals surface area contributed by atoms with Gasteiger partial charge in [0.1, 0.15) is 5.69 Å². The molecule has 0 unspecified atom stereocenters. The summed E-state index contributed by atoms with van der Waals surface area (Å²) in [6.07, 6.45) is -2.82. The molecule has 0 aliphatic rings. The van der Waals surface area contributed by atoms with Crippen LogP contribution in [0.15, 0.2) is 22.4 Å². The van der Waals surface area contributed by atoms with Gasteiger partial charge in [0.15, 0.2) is 5.49 Å². The van der Waals surface area contributed by atoms with E-state index >= 15 is 0 Å². The fourth-order valence-corrected chi connectivity index (χ4v) is 2.32. The van der Waals surface area contributed by atoms with Crippen LogP contribution in [0.25, 0.3) is 5.57 Å². The van der Waals surface area contributed by atoms with Gasteiger partial charge in [0.2, 0.25) is 0 Å². The largest absolute Gasteiger partial charge is 0.398 e. The van der Waals surface area contributed by atoms with E-state index in [9.17, 15) is 18.0 Å². The van der Waals surface area contributed by atoms with Crippen molar-refractivity contribution < 1.29 is 13.2 Å². The van der Waals surface area contributed by atoms with Crippen molar-refractivity contribution in [3.8, 4) is 0 Å². The lowest BCUT2D eigenvalue weighted by molar-refractivity contribution is -0.105. The van der Waals surface area contributed by atoms with E-state index in [1.165, 1.54) is 24.6 Å². The number of alkyl halides is 3. The van der Waals surface area contributed by atoms with E-state index in [4.69, 9.17) is 5.41 Å². The van der Waals surface area contributed by atoms with E-state index in [2.05, 4.69) is 11.7 Å². The van der Waals surface area contributed by atoms with E-state index < -0.39 is 17.6 Å². The molecule has 0 aliphatic carbocycles. The molecule has 1 N–H and O–H groups in total. The summed E-state index contributed by atoms with van der Waals surface area (Å²) in [6.45, 7) is 7.27. The average Bonchev–Trinajstić information content (AvgIpc) is 2.40. The first-order chi connectivity index (χ1) is 10.1. The first-order valence-electron chi connectivity index (χ1n) is 6.36. The second-order valence-electron chi connectivity index (χ2n) is 4.53. The molecule has 1 aromatic heterocycles. The van der Waals surface area contributed by atoms with Crippen LogP contribution in [0.4, 0.5) is 13.2 Å². The average molecular weight is 334 g/mol. The zero-order chi connectivity index (χ0) is 17.1. The van der Waals surface area contributed by atoms with Gasteiger partial charge in [-0.1, -0.05) is 6.58 Å². The summed E-state index contributed by atoms with van der Waals surface area (Å²) >= 11 is 0.640. The van der Waals surface area contributed by atoms with Crippen molar-refractivity contribution in [1.29, 1.82) is 5.41 Å². The normalized spacial score (nSPS) is 12.5. The Labute approximate surface area is 129 Å². The summed E-state index contributed by atoms with van der Waals surface area (Å²) in [4.78, 5) is 12.2. The predicted molar refractivity (Wildman–Crippen MR) is 80.3 cm³/mol. The minimum atomic E-state index is -4.25. The Bertz CT molecular complexity index is 715. The Morgan fingerprint density at radius 3 is 2.59 bits per heavy atom. The highest BCUT2D eigenvalue weighted by molar-refractivity contribution is 8.03. The molecule has 0 fully saturated rings. The fourth-order valence-electron chi connectivity index (χ4n) is 1.70. The number of aromatic nitrogens is 3. The zero-order valence-corrected chi connectivity index (χ0v) is 13.3. The van der Waals surface area contributed by atoms with Crippen LogP contribution in [0.2, 0.25) is 0 Å². The minimum absolute atomic E-state index is 0.111. The molecule has 0 spiro atoms. The molecule has 0 atom stereocenters. The lowest BCUT2D eigenvalue weighted by Gasteiger charge is -2.10. The van der Waals surface area contributed by atoms with Crippen molar-refractivity contribution in [1.82, 2.24) is 14.3 Å². The monoisotopic (exact) mass is 334 g/mol. The molecule has 1 heterocycles. The number of rotatable bonds is 5. The van der Waals surface area contributed by atoms with Gasteiger partial charge in [0.25, 0.3) is 0 Å². The first-order valence-corrected chi connectivity index (χ1v) is 7.35. The van der Waals surface area contributed by atoms with E-state index in [1.807, 2.05) is 0 Å². The van der Waals surface area contributed by atoms with Crippen molar-refractivity contribution >= 4 is 17.3 Å². The van der Waals surface area contributed by atoms with Gasteiger partial charge in [-0.2, -0.15) is 18.3 Å². The summed E-state index contributed by atoms with van der Waals surface area (Å²) in [5, 5.41) is 11.9. The van der Waals surface area contributed by atoms with Crippen LogP contribution in [0.5, 0.6) is 0 Å². The van der Waals surface area contributed by atoms with Gasteiger partial charge in [-0.3, -0.25) is 9.98 Å². The molecule has 0 saturated heterocycles. The molecule has 1 rings (SSSR count). The number of hydrogen-bond donors (Lipinski definition) is 1. The highest BCUT2D eigenvalue weighted by Crippen LogP contribution is 2.27. The maximum Gasteiger partial charge on any atom is 0.398 e. The second-order valence-corrected chi connectivity index (χ2v) is 5.75. The van der Waals surface area contributed by atoms with Crippen LogP contribution in [0.1, 0.15) is 19.5 Å². The van der Waals surface area contributed by atoms with Crippen LogP contribution >= 0.6 is 11.8 Å². The fraction of sp³-hybridized carbons (Fsp3) is 0.462. The molecule has 1 aromatic rings. The molecule has 122 valence electrons. The number of nitrogens with zero attached hydrogens (tertiary/aromatic N) is 3. The summed E-state index contributed by atoms with van der Waals surface area (Å²) in [5.41, 5.74) is -0.0949. The van der Waals surface area contributed by atoms with Crippen molar-refractivity contribution in [3.63, 3.8) is 0 Å². The molecule has 0 aliphatic heterocycles. The predicted octanol–water partition coefficient (Wildman–Crippen LogP) is 2.29. The molecule has 0 saturated carbocycles. The zero-order valence-electron chi connectivity index (χ0n) is 12.5. The van der Waals surface area contributed by atoms with Gasteiger partial charge in [-0.25, -0.2) is 9.48 Å².